The maximum absolute atomic E-state index is 13.3. The minimum Gasteiger partial charge on any atom is -0.507 e. The summed E-state index contributed by atoms with van der Waals surface area (Å²) >= 11 is 0. The van der Waals surface area contributed by atoms with E-state index in [1.807, 2.05) is 32.9 Å². The number of aryl methyl sites for hydroxylation is 1. The number of aliphatic hydroxyl groups excluding tert-OH is 1. The lowest BCUT2D eigenvalue weighted by molar-refractivity contribution is -0.140. The molecular weight excluding hydrogens is 450 g/mol. The standard InChI is InChI=1S/C27H31NO7/c1-15(2)18-14-19(16(3)12-21(18)33-5)25(29)23-24(28(8-9-32-4)27(31)26(23)30)17-6-7-20-22(13-17)35-11-10-34-20/h6-7,12-15,24,29H,8-11H2,1-5H3/b25-23+. The number of carbonyl (C=O) groups is 2. The van der Waals surface area contributed by atoms with Crippen LogP contribution in [0.5, 0.6) is 17.2 Å². The molecule has 2 heterocycles. The molecule has 2 aromatic carbocycles. The molecule has 8 heteroatoms. The molecule has 0 aromatic heterocycles. The van der Waals surface area contributed by atoms with Gasteiger partial charge in [-0.25, -0.2) is 0 Å². The van der Waals surface area contributed by atoms with Crippen molar-refractivity contribution in [3.05, 3.63) is 58.2 Å². The maximum atomic E-state index is 13.3. The number of nitrogens with zero attached hydrogens (tertiary/aromatic N) is 1. The van der Waals surface area contributed by atoms with Crippen molar-refractivity contribution >= 4 is 17.4 Å². The molecule has 8 nitrogen and oxygen atoms in total. The minimum absolute atomic E-state index is 0.0331. The molecule has 0 spiro atoms. The molecule has 2 aliphatic heterocycles. The lowest BCUT2D eigenvalue weighted by atomic mass is 9.91. The largest absolute Gasteiger partial charge is 0.507 e. The second-order valence-electron chi connectivity index (χ2n) is 8.95. The van der Waals surface area contributed by atoms with Gasteiger partial charge < -0.3 is 29.0 Å². The third-order valence-electron chi connectivity index (χ3n) is 6.41. The van der Waals surface area contributed by atoms with E-state index in [1.165, 1.54) is 12.0 Å². The third kappa shape index (κ3) is 4.46. The Morgan fingerprint density at radius 1 is 1.11 bits per heavy atom. The molecule has 1 N–H and O–H groups in total. The summed E-state index contributed by atoms with van der Waals surface area (Å²) in [5, 5.41) is 11.5. The van der Waals surface area contributed by atoms with Crippen LogP contribution in [0, 0.1) is 6.92 Å². The van der Waals surface area contributed by atoms with E-state index in [1.54, 1.807) is 25.3 Å². The van der Waals surface area contributed by atoms with E-state index in [9.17, 15) is 14.7 Å². The molecular formula is C27H31NO7. The number of likely N-dealkylation sites (tertiary alicyclic amines) is 1. The fraction of sp³-hybridized carbons (Fsp3) is 0.407. The number of fused-ring (bicyclic) bond motifs is 1. The number of ketones is 1. The predicted octanol–water partition coefficient (Wildman–Crippen LogP) is 3.97. The van der Waals surface area contributed by atoms with Gasteiger partial charge in [0.05, 0.1) is 25.3 Å². The van der Waals surface area contributed by atoms with Gasteiger partial charge >= 0.3 is 0 Å². The molecule has 35 heavy (non-hydrogen) atoms. The van der Waals surface area contributed by atoms with Crippen molar-refractivity contribution in [3.8, 4) is 17.2 Å². The molecule has 1 fully saturated rings. The van der Waals surface area contributed by atoms with E-state index in [0.717, 1.165) is 11.1 Å². The van der Waals surface area contributed by atoms with Crippen LogP contribution >= 0.6 is 0 Å². The second-order valence-corrected chi connectivity index (χ2v) is 8.95. The summed E-state index contributed by atoms with van der Waals surface area (Å²) in [7, 11) is 3.13. The Balaban J connectivity index is 1.90. The Kier molecular flexibility index (Phi) is 7.03. The van der Waals surface area contributed by atoms with Crippen LogP contribution in [0.25, 0.3) is 5.76 Å². The number of benzene rings is 2. The lowest BCUT2D eigenvalue weighted by Crippen LogP contribution is -2.32. The Labute approximate surface area is 205 Å². The van der Waals surface area contributed by atoms with Crippen LogP contribution in [0.3, 0.4) is 0 Å². The normalized spacial score (nSPS) is 18.9. The third-order valence-corrected chi connectivity index (χ3v) is 6.41. The summed E-state index contributed by atoms with van der Waals surface area (Å²) in [4.78, 5) is 27.8. The molecule has 1 atom stereocenters. The molecule has 0 bridgehead atoms. The fourth-order valence-electron chi connectivity index (χ4n) is 4.60. The number of hydrogen-bond donors (Lipinski definition) is 1. The Bertz CT molecular complexity index is 1180. The molecule has 4 rings (SSSR count). The van der Waals surface area contributed by atoms with E-state index in [-0.39, 0.29) is 30.4 Å². The van der Waals surface area contributed by atoms with Gasteiger partial charge in [-0.2, -0.15) is 0 Å². The molecule has 0 saturated carbocycles. The molecule has 0 aliphatic carbocycles. The summed E-state index contributed by atoms with van der Waals surface area (Å²) in [6.45, 7) is 7.17. The Morgan fingerprint density at radius 2 is 1.83 bits per heavy atom. The van der Waals surface area contributed by atoms with Crippen LogP contribution in [-0.2, 0) is 14.3 Å². The van der Waals surface area contributed by atoms with Gasteiger partial charge in [-0.3, -0.25) is 9.59 Å². The van der Waals surface area contributed by atoms with Crippen molar-refractivity contribution in [3.63, 3.8) is 0 Å². The zero-order valence-electron chi connectivity index (χ0n) is 20.7. The molecule has 1 saturated heterocycles. The maximum Gasteiger partial charge on any atom is 0.295 e. The number of aliphatic hydroxyl groups is 1. The first kappa shape index (κ1) is 24.6. The van der Waals surface area contributed by atoms with Crippen LogP contribution in [0.1, 0.15) is 48.1 Å². The van der Waals surface area contributed by atoms with Crippen molar-refractivity contribution in [2.75, 3.05) is 40.6 Å². The SMILES string of the molecule is COCCN1C(=O)C(=O)/C(=C(/O)c2cc(C(C)C)c(OC)cc2C)C1c1ccc2c(c1)OCCO2. The number of methoxy groups -OCH3 is 2. The molecule has 2 aliphatic rings. The highest BCUT2D eigenvalue weighted by Gasteiger charge is 2.46. The highest BCUT2D eigenvalue weighted by molar-refractivity contribution is 6.46. The van der Waals surface area contributed by atoms with Gasteiger partial charge in [-0.05, 0) is 53.8 Å². The van der Waals surface area contributed by atoms with Crippen LogP contribution in [0.4, 0.5) is 0 Å². The van der Waals surface area contributed by atoms with Crippen molar-refractivity contribution in [2.45, 2.75) is 32.7 Å². The number of Topliss-reactive ketones (excluding diaryl/α,β-unsaturated/α-hetero) is 1. The summed E-state index contributed by atoms with van der Waals surface area (Å²) in [5.41, 5.74) is 2.78. The first-order chi connectivity index (χ1) is 16.8. The summed E-state index contributed by atoms with van der Waals surface area (Å²) in [5.74, 6) is 0.326. The average molecular weight is 482 g/mol. The molecule has 1 amide bonds. The zero-order valence-corrected chi connectivity index (χ0v) is 20.7. The van der Waals surface area contributed by atoms with Crippen molar-refractivity contribution < 1.29 is 33.6 Å². The summed E-state index contributed by atoms with van der Waals surface area (Å²) < 4.78 is 22.1. The van der Waals surface area contributed by atoms with E-state index >= 15 is 0 Å². The van der Waals surface area contributed by atoms with Gasteiger partial charge in [0.25, 0.3) is 11.7 Å². The highest BCUT2D eigenvalue weighted by atomic mass is 16.6. The fourth-order valence-corrected chi connectivity index (χ4v) is 4.60. The first-order valence-electron chi connectivity index (χ1n) is 11.6. The molecule has 1 unspecified atom stereocenters. The highest BCUT2D eigenvalue weighted by Crippen LogP contribution is 2.43. The number of hydrogen-bond acceptors (Lipinski definition) is 7. The van der Waals surface area contributed by atoms with Crippen molar-refractivity contribution in [1.29, 1.82) is 0 Å². The van der Waals surface area contributed by atoms with E-state index in [0.29, 0.717) is 41.6 Å². The number of carbonyl (C=O) groups excluding carboxylic acids is 2. The quantitative estimate of drug-likeness (QED) is 0.363. The van der Waals surface area contributed by atoms with E-state index < -0.39 is 17.7 Å². The van der Waals surface area contributed by atoms with Crippen LogP contribution < -0.4 is 14.2 Å². The van der Waals surface area contributed by atoms with Gasteiger partial charge in [0.15, 0.2) is 11.5 Å². The first-order valence-corrected chi connectivity index (χ1v) is 11.6. The van der Waals surface area contributed by atoms with Gasteiger partial charge in [-0.15, -0.1) is 0 Å². The lowest BCUT2D eigenvalue weighted by Gasteiger charge is -2.27. The van der Waals surface area contributed by atoms with Gasteiger partial charge in [0.2, 0.25) is 0 Å². The summed E-state index contributed by atoms with van der Waals surface area (Å²) in [6, 6.07) is 8.18. The molecule has 186 valence electrons. The molecule has 0 radical (unpaired) electrons. The average Bonchev–Trinajstić information content (AvgIpc) is 3.11. The monoisotopic (exact) mass is 481 g/mol. The molecule has 2 aromatic rings. The predicted molar refractivity (Wildman–Crippen MR) is 130 cm³/mol. The van der Waals surface area contributed by atoms with Crippen LogP contribution in [-0.4, -0.2) is 62.3 Å². The second kappa shape index (κ2) is 10.00. The van der Waals surface area contributed by atoms with E-state index in [4.69, 9.17) is 18.9 Å². The zero-order chi connectivity index (χ0) is 25.3. The smallest absolute Gasteiger partial charge is 0.295 e. The topological polar surface area (TPSA) is 94.5 Å². The van der Waals surface area contributed by atoms with Gasteiger partial charge in [0, 0.05) is 19.2 Å². The minimum atomic E-state index is -0.801. The van der Waals surface area contributed by atoms with Gasteiger partial charge in [-0.1, -0.05) is 19.9 Å². The number of rotatable bonds is 7. The summed E-state index contributed by atoms with van der Waals surface area (Å²) in [6.07, 6.45) is 0. The van der Waals surface area contributed by atoms with Gasteiger partial charge in [0.1, 0.15) is 24.7 Å². The Hall–Kier alpha value is -3.52. The number of ether oxygens (including phenoxy) is 4. The van der Waals surface area contributed by atoms with Crippen LogP contribution in [0.2, 0.25) is 0 Å². The van der Waals surface area contributed by atoms with Crippen molar-refractivity contribution in [1.82, 2.24) is 4.90 Å². The van der Waals surface area contributed by atoms with E-state index in [2.05, 4.69) is 0 Å². The Morgan fingerprint density at radius 3 is 2.49 bits per heavy atom. The van der Waals surface area contributed by atoms with Crippen molar-refractivity contribution in [2.24, 2.45) is 0 Å². The van der Waals surface area contributed by atoms with Crippen LogP contribution in [0.15, 0.2) is 35.9 Å². The number of amides is 1.